The average Bonchev–Trinajstić information content (AvgIpc) is 2.78. The summed E-state index contributed by atoms with van der Waals surface area (Å²) in [5.41, 5.74) is 2.71. The second-order valence-corrected chi connectivity index (χ2v) is 11.3. The fraction of sp³-hybridized carbons (Fsp3) is 0.667. The maximum atomic E-state index is 12.9. The fourth-order valence-electron chi connectivity index (χ4n) is 5.29. The summed E-state index contributed by atoms with van der Waals surface area (Å²) in [4.78, 5) is 25.7. The number of ketones is 2. The van der Waals surface area contributed by atoms with Crippen molar-refractivity contribution in [1.29, 1.82) is 0 Å². The number of rotatable bonds is 9. The van der Waals surface area contributed by atoms with Crippen molar-refractivity contribution in [3.05, 3.63) is 46.6 Å². The SMILES string of the molecule is CC(C)=CCC(=O)[C@]1(C)CCC/C(=C/CC/C=C2/CCC[C@](C)(C(=O)CC=C(C)C)[C@@H]2O)[C@@H]1O. The highest BCUT2D eigenvalue weighted by atomic mass is 16.3. The molecule has 0 aliphatic heterocycles. The number of carbonyl (C=O) groups is 2. The van der Waals surface area contributed by atoms with Crippen molar-refractivity contribution in [2.45, 2.75) is 118 Å². The predicted molar refractivity (Wildman–Crippen MR) is 139 cm³/mol. The molecule has 4 heteroatoms. The molecule has 0 unspecified atom stereocenters. The van der Waals surface area contributed by atoms with Crippen LogP contribution in [0.3, 0.4) is 0 Å². The molecule has 190 valence electrons. The van der Waals surface area contributed by atoms with Crippen molar-refractivity contribution in [3.63, 3.8) is 0 Å². The molecule has 0 saturated heterocycles. The normalized spacial score (nSPS) is 31.9. The number of Topliss-reactive ketones (excluding diaryl/α,β-unsaturated/α-hetero) is 2. The van der Waals surface area contributed by atoms with Crippen LogP contribution in [0.4, 0.5) is 0 Å². The zero-order valence-corrected chi connectivity index (χ0v) is 22.2. The summed E-state index contributed by atoms with van der Waals surface area (Å²) >= 11 is 0. The summed E-state index contributed by atoms with van der Waals surface area (Å²) in [6.45, 7) is 11.7. The maximum Gasteiger partial charge on any atom is 0.145 e. The summed E-state index contributed by atoms with van der Waals surface area (Å²) in [6.07, 6.45) is 13.7. The Hall–Kier alpha value is -1.78. The van der Waals surface area contributed by atoms with Gasteiger partial charge in [-0.15, -0.1) is 0 Å². The van der Waals surface area contributed by atoms with E-state index in [9.17, 15) is 19.8 Å². The van der Waals surface area contributed by atoms with Crippen LogP contribution in [0.2, 0.25) is 0 Å². The molecule has 2 aliphatic rings. The van der Waals surface area contributed by atoms with Crippen LogP contribution in [-0.2, 0) is 9.59 Å². The molecule has 2 fully saturated rings. The molecule has 0 bridgehead atoms. The number of hydrogen-bond acceptors (Lipinski definition) is 4. The van der Waals surface area contributed by atoms with E-state index >= 15 is 0 Å². The van der Waals surface area contributed by atoms with Crippen molar-refractivity contribution >= 4 is 11.6 Å². The molecule has 0 radical (unpaired) electrons. The minimum absolute atomic E-state index is 0.108. The van der Waals surface area contributed by atoms with Gasteiger partial charge in [0.1, 0.15) is 11.6 Å². The lowest BCUT2D eigenvalue weighted by molar-refractivity contribution is -0.134. The van der Waals surface area contributed by atoms with E-state index in [4.69, 9.17) is 0 Å². The molecule has 2 N–H and O–H groups in total. The molecule has 0 aromatic carbocycles. The van der Waals surface area contributed by atoms with Gasteiger partial charge < -0.3 is 10.2 Å². The monoisotopic (exact) mass is 470 g/mol. The maximum absolute atomic E-state index is 12.9. The highest BCUT2D eigenvalue weighted by molar-refractivity contribution is 5.87. The van der Waals surface area contributed by atoms with Crippen molar-refractivity contribution in [3.8, 4) is 0 Å². The zero-order chi connectivity index (χ0) is 25.5. The average molecular weight is 471 g/mol. The minimum atomic E-state index is -0.733. The van der Waals surface area contributed by atoms with Crippen LogP contribution in [0.1, 0.15) is 106 Å². The van der Waals surface area contributed by atoms with Crippen molar-refractivity contribution in [2.24, 2.45) is 10.8 Å². The molecular weight excluding hydrogens is 424 g/mol. The predicted octanol–water partition coefficient (Wildman–Crippen LogP) is 6.57. The number of unbranched alkanes of at least 4 members (excludes halogenated alkanes) is 1. The van der Waals surface area contributed by atoms with Gasteiger partial charge in [0.25, 0.3) is 0 Å². The van der Waals surface area contributed by atoms with Gasteiger partial charge in [0, 0.05) is 12.8 Å². The van der Waals surface area contributed by atoms with E-state index in [0.717, 1.165) is 73.7 Å². The first-order chi connectivity index (χ1) is 15.9. The number of aliphatic hydroxyl groups excluding tert-OH is 2. The standard InChI is InChI=1S/C30H46O4/c1-21(2)15-17-25(31)29(5)19-9-13-23(27(29)33)11-7-8-12-24-14-10-20-30(6,28(24)34)26(32)18-16-22(3)4/h11-12,15-16,27-28,33-34H,7-10,13-14,17-20H2,1-6H3/b23-11-,24-12-/t27-,28+,29-,30+. The Labute approximate surface area is 206 Å². The Morgan fingerprint density at radius 3 is 1.44 bits per heavy atom. The first-order valence-corrected chi connectivity index (χ1v) is 13.0. The summed E-state index contributed by atoms with van der Waals surface area (Å²) in [6, 6.07) is 0. The Morgan fingerprint density at radius 1 is 0.765 bits per heavy atom. The molecule has 2 saturated carbocycles. The van der Waals surface area contributed by atoms with Crippen LogP contribution in [0.25, 0.3) is 0 Å². The highest BCUT2D eigenvalue weighted by Gasteiger charge is 2.44. The van der Waals surface area contributed by atoms with Crippen LogP contribution in [0.15, 0.2) is 46.6 Å². The lowest BCUT2D eigenvalue weighted by Crippen LogP contribution is -2.43. The summed E-state index contributed by atoms with van der Waals surface area (Å²) in [5, 5.41) is 22.1. The van der Waals surface area contributed by atoms with Crippen molar-refractivity contribution in [1.82, 2.24) is 0 Å². The van der Waals surface area contributed by atoms with Gasteiger partial charge in [0.15, 0.2) is 0 Å². The van der Waals surface area contributed by atoms with Gasteiger partial charge in [-0.05, 0) is 104 Å². The molecule has 4 atom stereocenters. The van der Waals surface area contributed by atoms with Gasteiger partial charge in [-0.25, -0.2) is 0 Å². The van der Waals surface area contributed by atoms with Crippen LogP contribution in [0.5, 0.6) is 0 Å². The Balaban J connectivity index is 2.03. The molecule has 2 aliphatic carbocycles. The van der Waals surface area contributed by atoms with Crippen LogP contribution < -0.4 is 0 Å². The number of aliphatic hydroxyl groups is 2. The zero-order valence-electron chi connectivity index (χ0n) is 22.2. The Morgan fingerprint density at radius 2 is 1.12 bits per heavy atom. The van der Waals surface area contributed by atoms with Crippen molar-refractivity contribution in [2.75, 3.05) is 0 Å². The summed E-state index contributed by atoms with van der Waals surface area (Å²) in [5.74, 6) is 0.215. The lowest BCUT2D eigenvalue weighted by atomic mass is 9.67. The molecule has 0 spiro atoms. The third-order valence-corrected chi connectivity index (χ3v) is 7.88. The summed E-state index contributed by atoms with van der Waals surface area (Å²) < 4.78 is 0. The Kier molecular flexibility index (Phi) is 10.3. The third-order valence-electron chi connectivity index (χ3n) is 7.88. The first kappa shape index (κ1) is 28.5. The molecule has 0 heterocycles. The van der Waals surface area contributed by atoms with Gasteiger partial charge in [0.2, 0.25) is 0 Å². The second kappa shape index (κ2) is 12.3. The second-order valence-electron chi connectivity index (χ2n) is 11.3. The molecule has 0 aromatic heterocycles. The first-order valence-electron chi connectivity index (χ1n) is 13.0. The smallest absolute Gasteiger partial charge is 0.145 e. The molecule has 2 rings (SSSR count). The van der Waals surface area contributed by atoms with Crippen LogP contribution in [0, 0.1) is 10.8 Å². The van der Waals surface area contributed by atoms with Gasteiger partial charge in [-0.2, -0.15) is 0 Å². The van der Waals surface area contributed by atoms with E-state index in [0.29, 0.717) is 12.8 Å². The minimum Gasteiger partial charge on any atom is -0.388 e. The van der Waals surface area contributed by atoms with Gasteiger partial charge in [-0.3, -0.25) is 9.59 Å². The topological polar surface area (TPSA) is 74.6 Å². The van der Waals surface area contributed by atoms with Gasteiger partial charge in [-0.1, -0.05) is 35.5 Å². The van der Waals surface area contributed by atoms with Crippen molar-refractivity contribution < 1.29 is 19.8 Å². The molecule has 0 amide bonds. The van der Waals surface area contributed by atoms with Gasteiger partial charge >= 0.3 is 0 Å². The molecule has 0 aromatic rings. The Bertz CT molecular complexity index is 794. The van der Waals surface area contributed by atoms with E-state index in [1.54, 1.807) is 0 Å². The van der Waals surface area contributed by atoms with Crippen LogP contribution in [-0.4, -0.2) is 34.0 Å². The van der Waals surface area contributed by atoms with E-state index in [-0.39, 0.29) is 11.6 Å². The van der Waals surface area contributed by atoms with E-state index in [1.807, 2.05) is 53.7 Å². The number of hydrogen-bond donors (Lipinski definition) is 2. The fourth-order valence-corrected chi connectivity index (χ4v) is 5.29. The largest absolute Gasteiger partial charge is 0.388 e. The van der Waals surface area contributed by atoms with E-state index in [2.05, 4.69) is 12.2 Å². The molecule has 34 heavy (non-hydrogen) atoms. The van der Waals surface area contributed by atoms with E-state index < -0.39 is 23.0 Å². The summed E-state index contributed by atoms with van der Waals surface area (Å²) in [7, 11) is 0. The lowest BCUT2D eigenvalue weighted by Gasteiger charge is -2.39. The molecule has 4 nitrogen and oxygen atoms in total. The van der Waals surface area contributed by atoms with Crippen LogP contribution >= 0.6 is 0 Å². The quantitative estimate of drug-likeness (QED) is 0.295. The third kappa shape index (κ3) is 6.88. The highest BCUT2D eigenvalue weighted by Crippen LogP contribution is 2.42. The number of carbonyl (C=O) groups excluding carboxylic acids is 2. The van der Waals surface area contributed by atoms with E-state index in [1.165, 1.54) is 0 Å². The number of allylic oxidation sites excluding steroid dienone is 6. The molecular formula is C30H46O4. The van der Waals surface area contributed by atoms with Gasteiger partial charge in [0.05, 0.1) is 23.0 Å².